The summed E-state index contributed by atoms with van der Waals surface area (Å²) in [7, 11) is 3.39. The number of aromatic nitrogens is 1. The molecule has 6 heteroatoms. The van der Waals surface area contributed by atoms with Gasteiger partial charge in [-0.25, -0.2) is 4.79 Å². The van der Waals surface area contributed by atoms with Crippen LogP contribution >= 0.6 is 0 Å². The summed E-state index contributed by atoms with van der Waals surface area (Å²) in [5.74, 6) is -0.0420. The lowest BCUT2D eigenvalue weighted by molar-refractivity contribution is -0.119. The quantitative estimate of drug-likeness (QED) is 0.849. The Morgan fingerprint density at radius 1 is 1.12 bits per heavy atom. The fourth-order valence-electron chi connectivity index (χ4n) is 2.65. The molecule has 2 rings (SSSR count). The first-order valence-electron chi connectivity index (χ1n) is 8.28. The molecule has 1 heterocycles. The maximum absolute atomic E-state index is 12.5. The number of carbonyl (C=O) groups is 2. The summed E-state index contributed by atoms with van der Waals surface area (Å²) >= 11 is 0. The predicted molar refractivity (Wildman–Crippen MR) is 98.3 cm³/mol. The van der Waals surface area contributed by atoms with Gasteiger partial charge in [0.15, 0.2) is 0 Å². The van der Waals surface area contributed by atoms with Crippen molar-refractivity contribution in [3.05, 3.63) is 59.9 Å². The molecular weight excluding hydrogens is 316 g/mol. The van der Waals surface area contributed by atoms with Gasteiger partial charge in [0.1, 0.15) is 0 Å². The van der Waals surface area contributed by atoms with E-state index in [9.17, 15) is 9.59 Å². The number of hydrogen-bond donors (Lipinski definition) is 2. The van der Waals surface area contributed by atoms with Crippen molar-refractivity contribution in [3.63, 3.8) is 0 Å². The first-order chi connectivity index (χ1) is 12.0. The standard InChI is InChI=1S/C19H24N4O2/c1-4-17(15-9-11-21-12-10-15)23(3)19(25)22-16-7-5-14(6-8-16)13-18(24)20-2/h5-12,17H,4,13H2,1-3H3,(H,20,24)(H,22,25)/t17-/m1/s1. The maximum atomic E-state index is 12.5. The van der Waals surface area contributed by atoms with Crippen LogP contribution in [0.2, 0.25) is 0 Å². The van der Waals surface area contributed by atoms with Crippen LogP contribution in [-0.4, -0.2) is 35.9 Å². The van der Waals surface area contributed by atoms with Crippen molar-refractivity contribution in [3.8, 4) is 0 Å². The molecule has 0 aliphatic heterocycles. The summed E-state index contributed by atoms with van der Waals surface area (Å²) in [6.45, 7) is 2.04. The summed E-state index contributed by atoms with van der Waals surface area (Å²) < 4.78 is 0. The second-order valence-corrected chi connectivity index (χ2v) is 5.79. The van der Waals surface area contributed by atoms with Gasteiger partial charge in [0.05, 0.1) is 12.5 Å². The van der Waals surface area contributed by atoms with E-state index in [1.807, 2.05) is 31.2 Å². The van der Waals surface area contributed by atoms with Gasteiger partial charge in [-0.3, -0.25) is 9.78 Å². The number of nitrogens with one attached hydrogen (secondary N) is 2. The van der Waals surface area contributed by atoms with Crippen LogP contribution in [0.4, 0.5) is 10.5 Å². The van der Waals surface area contributed by atoms with Crippen molar-refractivity contribution in [1.82, 2.24) is 15.2 Å². The van der Waals surface area contributed by atoms with Crippen LogP contribution in [0.5, 0.6) is 0 Å². The Hall–Kier alpha value is -2.89. The van der Waals surface area contributed by atoms with Crippen molar-refractivity contribution in [1.29, 1.82) is 0 Å². The summed E-state index contributed by atoms with van der Waals surface area (Å²) in [4.78, 5) is 29.6. The topological polar surface area (TPSA) is 74.3 Å². The zero-order valence-corrected chi connectivity index (χ0v) is 14.8. The van der Waals surface area contributed by atoms with E-state index in [1.165, 1.54) is 0 Å². The zero-order chi connectivity index (χ0) is 18.2. The number of hydrogen-bond acceptors (Lipinski definition) is 3. The molecule has 0 radical (unpaired) electrons. The van der Waals surface area contributed by atoms with E-state index in [4.69, 9.17) is 0 Å². The van der Waals surface area contributed by atoms with E-state index in [0.717, 1.165) is 17.5 Å². The third-order valence-electron chi connectivity index (χ3n) is 4.11. The second-order valence-electron chi connectivity index (χ2n) is 5.79. The van der Waals surface area contributed by atoms with Gasteiger partial charge >= 0.3 is 6.03 Å². The second kappa shape index (κ2) is 8.82. The van der Waals surface area contributed by atoms with Gasteiger partial charge in [0.25, 0.3) is 0 Å². The van der Waals surface area contributed by atoms with Crippen molar-refractivity contribution < 1.29 is 9.59 Å². The first kappa shape index (κ1) is 18.4. The van der Waals surface area contributed by atoms with Gasteiger partial charge in [0, 0.05) is 32.2 Å². The van der Waals surface area contributed by atoms with E-state index in [0.29, 0.717) is 12.1 Å². The smallest absolute Gasteiger partial charge is 0.322 e. The third kappa shape index (κ3) is 5.04. The number of benzene rings is 1. The average molecular weight is 340 g/mol. The highest BCUT2D eigenvalue weighted by Gasteiger charge is 2.20. The molecule has 0 aliphatic rings. The monoisotopic (exact) mass is 340 g/mol. The van der Waals surface area contributed by atoms with Gasteiger partial charge in [-0.1, -0.05) is 19.1 Å². The molecule has 0 bridgehead atoms. The fraction of sp³-hybridized carbons (Fsp3) is 0.316. The SMILES string of the molecule is CC[C@H](c1ccncc1)N(C)C(=O)Nc1ccc(CC(=O)NC)cc1. The zero-order valence-electron chi connectivity index (χ0n) is 14.8. The summed E-state index contributed by atoms with van der Waals surface area (Å²) in [6, 6.07) is 10.9. The summed E-state index contributed by atoms with van der Waals surface area (Å²) in [5, 5.41) is 5.48. The third-order valence-corrected chi connectivity index (χ3v) is 4.11. The van der Waals surface area contributed by atoms with Gasteiger partial charge in [0.2, 0.25) is 5.91 Å². The van der Waals surface area contributed by atoms with Crippen LogP contribution in [0, 0.1) is 0 Å². The van der Waals surface area contributed by atoms with E-state index >= 15 is 0 Å². The minimum atomic E-state index is -0.178. The van der Waals surface area contributed by atoms with E-state index in [1.54, 1.807) is 43.5 Å². The van der Waals surface area contributed by atoms with Crippen LogP contribution in [0.1, 0.15) is 30.5 Å². The van der Waals surface area contributed by atoms with Crippen LogP contribution < -0.4 is 10.6 Å². The molecule has 2 N–H and O–H groups in total. The number of anilines is 1. The highest BCUT2D eigenvalue weighted by molar-refractivity contribution is 5.89. The largest absolute Gasteiger partial charge is 0.359 e. The molecule has 0 aliphatic carbocycles. The molecule has 2 aromatic rings. The Labute approximate surface area is 148 Å². The summed E-state index contributed by atoms with van der Waals surface area (Å²) in [5.41, 5.74) is 2.65. The highest BCUT2D eigenvalue weighted by Crippen LogP contribution is 2.23. The Morgan fingerprint density at radius 3 is 2.32 bits per heavy atom. The van der Waals surface area contributed by atoms with Crippen molar-refractivity contribution in [2.45, 2.75) is 25.8 Å². The van der Waals surface area contributed by atoms with Crippen LogP contribution in [0.3, 0.4) is 0 Å². The van der Waals surface area contributed by atoms with Crippen molar-refractivity contribution in [2.24, 2.45) is 0 Å². The van der Waals surface area contributed by atoms with Crippen LogP contribution in [0.25, 0.3) is 0 Å². The molecule has 25 heavy (non-hydrogen) atoms. The molecule has 0 saturated carbocycles. The number of nitrogens with zero attached hydrogens (tertiary/aromatic N) is 2. The van der Waals surface area contributed by atoms with Crippen LogP contribution in [0.15, 0.2) is 48.8 Å². The highest BCUT2D eigenvalue weighted by atomic mass is 16.2. The molecule has 0 unspecified atom stereocenters. The fourth-order valence-corrected chi connectivity index (χ4v) is 2.65. The van der Waals surface area contributed by atoms with E-state index < -0.39 is 0 Å². The molecule has 0 spiro atoms. The molecular formula is C19H24N4O2. The van der Waals surface area contributed by atoms with Gasteiger partial charge < -0.3 is 15.5 Å². The van der Waals surface area contributed by atoms with E-state index in [-0.39, 0.29) is 18.0 Å². The molecule has 1 atom stereocenters. The normalized spacial score (nSPS) is 11.5. The summed E-state index contributed by atoms with van der Waals surface area (Å²) in [6.07, 6.45) is 4.59. The van der Waals surface area contributed by atoms with Gasteiger partial charge in [-0.05, 0) is 41.8 Å². The Balaban J connectivity index is 2.01. The average Bonchev–Trinajstić information content (AvgIpc) is 2.64. The molecule has 6 nitrogen and oxygen atoms in total. The number of rotatable bonds is 6. The molecule has 0 fully saturated rings. The van der Waals surface area contributed by atoms with E-state index in [2.05, 4.69) is 15.6 Å². The lowest BCUT2D eigenvalue weighted by atomic mass is 10.1. The number of amides is 3. The Bertz CT molecular complexity index is 701. The minimum Gasteiger partial charge on any atom is -0.359 e. The Morgan fingerprint density at radius 2 is 1.76 bits per heavy atom. The number of urea groups is 1. The van der Waals surface area contributed by atoms with Crippen LogP contribution in [-0.2, 0) is 11.2 Å². The van der Waals surface area contributed by atoms with Crippen molar-refractivity contribution in [2.75, 3.05) is 19.4 Å². The van der Waals surface area contributed by atoms with Gasteiger partial charge in [-0.15, -0.1) is 0 Å². The lowest BCUT2D eigenvalue weighted by Gasteiger charge is -2.27. The molecule has 0 saturated heterocycles. The molecule has 1 aromatic heterocycles. The molecule has 132 valence electrons. The molecule has 3 amide bonds. The maximum Gasteiger partial charge on any atom is 0.322 e. The van der Waals surface area contributed by atoms with Crippen molar-refractivity contribution >= 4 is 17.6 Å². The number of pyridine rings is 1. The number of likely N-dealkylation sites (N-methyl/N-ethyl adjacent to an activating group) is 1. The predicted octanol–water partition coefficient (Wildman–Crippen LogP) is 2.99. The minimum absolute atomic E-state index is 0.0180. The first-order valence-corrected chi connectivity index (χ1v) is 8.28. The Kier molecular flexibility index (Phi) is 6.51. The lowest BCUT2D eigenvalue weighted by Crippen LogP contribution is -2.34. The van der Waals surface area contributed by atoms with Gasteiger partial charge in [-0.2, -0.15) is 0 Å². The number of carbonyl (C=O) groups excluding carboxylic acids is 2. The molecule has 1 aromatic carbocycles.